The summed E-state index contributed by atoms with van der Waals surface area (Å²) in [6.07, 6.45) is 4.28. The Kier molecular flexibility index (Phi) is 4.58. The normalized spacial score (nSPS) is 26.5. The standard InChI is InChI=1S/C14H25N3O2/c1-4-14(3,18-5-2)13-16-12(19-17-13)11-8-6-7-10(11)9-15/h10-11H,4-9,15H2,1-3H3. The minimum Gasteiger partial charge on any atom is -0.367 e. The van der Waals surface area contributed by atoms with Gasteiger partial charge in [0.2, 0.25) is 11.7 Å². The second-order valence-electron chi connectivity index (χ2n) is 5.51. The molecule has 0 saturated heterocycles. The third-order valence-electron chi connectivity index (χ3n) is 4.33. The first-order chi connectivity index (χ1) is 9.14. The van der Waals surface area contributed by atoms with Gasteiger partial charge in [-0.3, -0.25) is 0 Å². The molecule has 2 N–H and O–H groups in total. The summed E-state index contributed by atoms with van der Waals surface area (Å²) < 4.78 is 11.3. The molecular formula is C14H25N3O2. The molecule has 108 valence electrons. The molecule has 0 spiro atoms. The molecule has 0 amide bonds. The number of nitrogens with two attached hydrogens (primary N) is 1. The predicted octanol–water partition coefficient (Wildman–Crippen LogP) is 2.57. The Balaban J connectivity index is 2.18. The van der Waals surface area contributed by atoms with Crippen LogP contribution in [0, 0.1) is 5.92 Å². The van der Waals surface area contributed by atoms with Gasteiger partial charge in [-0.1, -0.05) is 18.5 Å². The molecule has 2 rings (SSSR count). The Bertz CT molecular complexity index is 407. The molecule has 5 heteroatoms. The fourth-order valence-electron chi connectivity index (χ4n) is 2.89. The maximum absolute atomic E-state index is 5.81. The van der Waals surface area contributed by atoms with E-state index >= 15 is 0 Å². The molecule has 0 radical (unpaired) electrons. The van der Waals surface area contributed by atoms with Crippen LogP contribution < -0.4 is 5.73 Å². The number of nitrogens with zero attached hydrogens (tertiary/aromatic N) is 2. The van der Waals surface area contributed by atoms with Crippen LogP contribution in [0.5, 0.6) is 0 Å². The molecular weight excluding hydrogens is 242 g/mol. The second-order valence-corrected chi connectivity index (χ2v) is 5.51. The van der Waals surface area contributed by atoms with Crippen LogP contribution in [0.1, 0.15) is 64.1 Å². The van der Waals surface area contributed by atoms with Crippen LogP contribution in [0.2, 0.25) is 0 Å². The van der Waals surface area contributed by atoms with Gasteiger partial charge in [0.15, 0.2) is 0 Å². The van der Waals surface area contributed by atoms with Gasteiger partial charge in [-0.05, 0) is 45.6 Å². The molecule has 1 aliphatic carbocycles. The van der Waals surface area contributed by atoms with Crippen LogP contribution in [0.3, 0.4) is 0 Å². The van der Waals surface area contributed by atoms with Crippen molar-refractivity contribution >= 4 is 0 Å². The average Bonchev–Trinajstić information content (AvgIpc) is 3.07. The van der Waals surface area contributed by atoms with Crippen LogP contribution >= 0.6 is 0 Å². The first-order valence-corrected chi connectivity index (χ1v) is 7.32. The fourth-order valence-corrected chi connectivity index (χ4v) is 2.89. The Hall–Kier alpha value is -0.940. The molecule has 1 aromatic heterocycles. The van der Waals surface area contributed by atoms with Crippen LogP contribution in [-0.4, -0.2) is 23.3 Å². The number of aromatic nitrogens is 2. The lowest BCUT2D eigenvalue weighted by atomic mass is 9.96. The highest BCUT2D eigenvalue weighted by atomic mass is 16.5. The van der Waals surface area contributed by atoms with Crippen LogP contribution in [0.4, 0.5) is 0 Å². The van der Waals surface area contributed by atoms with Gasteiger partial charge in [0.1, 0.15) is 5.60 Å². The van der Waals surface area contributed by atoms with Gasteiger partial charge in [0.05, 0.1) is 0 Å². The van der Waals surface area contributed by atoms with E-state index in [0.717, 1.165) is 25.2 Å². The van der Waals surface area contributed by atoms with E-state index in [4.69, 9.17) is 15.0 Å². The van der Waals surface area contributed by atoms with Gasteiger partial charge < -0.3 is 15.0 Å². The molecule has 0 aliphatic heterocycles. The summed E-state index contributed by atoms with van der Waals surface area (Å²) in [7, 11) is 0. The Morgan fingerprint density at radius 1 is 1.42 bits per heavy atom. The molecule has 0 bridgehead atoms. The monoisotopic (exact) mass is 267 g/mol. The quantitative estimate of drug-likeness (QED) is 0.857. The van der Waals surface area contributed by atoms with E-state index in [1.807, 2.05) is 13.8 Å². The van der Waals surface area contributed by atoms with Crippen LogP contribution in [-0.2, 0) is 10.3 Å². The smallest absolute Gasteiger partial charge is 0.230 e. The first kappa shape index (κ1) is 14.5. The molecule has 1 heterocycles. The van der Waals surface area contributed by atoms with Gasteiger partial charge in [-0.2, -0.15) is 4.98 Å². The zero-order chi connectivity index (χ0) is 13.9. The summed E-state index contributed by atoms with van der Waals surface area (Å²) in [5.41, 5.74) is 5.36. The second kappa shape index (κ2) is 6.01. The van der Waals surface area contributed by atoms with Gasteiger partial charge in [-0.25, -0.2) is 0 Å². The summed E-state index contributed by atoms with van der Waals surface area (Å²) in [4.78, 5) is 4.59. The molecule has 1 saturated carbocycles. The molecule has 3 unspecified atom stereocenters. The van der Waals surface area contributed by atoms with E-state index < -0.39 is 5.60 Å². The van der Waals surface area contributed by atoms with E-state index in [9.17, 15) is 0 Å². The summed E-state index contributed by atoms with van der Waals surface area (Å²) >= 11 is 0. The number of hydrogen-bond acceptors (Lipinski definition) is 5. The zero-order valence-corrected chi connectivity index (χ0v) is 12.2. The lowest BCUT2D eigenvalue weighted by molar-refractivity contribution is -0.0403. The minimum atomic E-state index is -0.451. The van der Waals surface area contributed by atoms with E-state index in [0.29, 0.717) is 30.8 Å². The maximum atomic E-state index is 5.81. The van der Waals surface area contributed by atoms with Crippen molar-refractivity contribution in [3.63, 3.8) is 0 Å². The van der Waals surface area contributed by atoms with Crippen molar-refractivity contribution in [2.45, 2.75) is 58.0 Å². The zero-order valence-electron chi connectivity index (χ0n) is 12.2. The lowest BCUT2D eigenvalue weighted by Crippen LogP contribution is -2.26. The van der Waals surface area contributed by atoms with E-state index in [1.54, 1.807) is 0 Å². The molecule has 5 nitrogen and oxygen atoms in total. The van der Waals surface area contributed by atoms with Crippen molar-refractivity contribution in [3.05, 3.63) is 11.7 Å². The predicted molar refractivity (Wildman–Crippen MR) is 72.7 cm³/mol. The summed E-state index contributed by atoms with van der Waals surface area (Å²) in [5, 5.41) is 4.14. The highest BCUT2D eigenvalue weighted by molar-refractivity contribution is 5.05. The van der Waals surface area contributed by atoms with Crippen molar-refractivity contribution < 1.29 is 9.26 Å². The van der Waals surface area contributed by atoms with Gasteiger partial charge in [-0.15, -0.1) is 0 Å². The average molecular weight is 267 g/mol. The Labute approximate surface area is 114 Å². The largest absolute Gasteiger partial charge is 0.367 e. The summed E-state index contributed by atoms with van der Waals surface area (Å²) in [5.74, 6) is 2.21. The number of ether oxygens (including phenoxy) is 1. The SMILES string of the molecule is CCOC(C)(CC)c1noc(C2CCCC2CN)n1. The summed E-state index contributed by atoms with van der Waals surface area (Å²) in [6, 6.07) is 0. The maximum Gasteiger partial charge on any atom is 0.230 e. The molecule has 1 aliphatic rings. The highest BCUT2D eigenvalue weighted by Gasteiger charge is 2.35. The van der Waals surface area contributed by atoms with Crippen LogP contribution in [0.25, 0.3) is 0 Å². The Morgan fingerprint density at radius 2 is 2.21 bits per heavy atom. The van der Waals surface area contributed by atoms with Crippen molar-refractivity contribution in [3.8, 4) is 0 Å². The Morgan fingerprint density at radius 3 is 2.84 bits per heavy atom. The van der Waals surface area contributed by atoms with Crippen molar-refractivity contribution in [2.24, 2.45) is 11.7 Å². The number of rotatable bonds is 6. The third-order valence-corrected chi connectivity index (χ3v) is 4.33. The molecule has 19 heavy (non-hydrogen) atoms. The fraction of sp³-hybridized carbons (Fsp3) is 0.857. The van der Waals surface area contributed by atoms with E-state index in [-0.39, 0.29) is 0 Å². The summed E-state index contributed by atoms with van der Waals surface area (Å²) in [6.45, 7) is 7.41. The van der Waals surface area contributed by atoms with E-state index in [2.05, 4.69) is 17.1 Å². The van der Waals surface area contributed by atoms with Crippen molar-refractivity contribution in [1.29, 1.82) is 0 Å². The molecule has 1 aromatic rings. The van der Waals surface area contributed by atoms with Gasteiger partial charge in [0, 0.05) is 12.5 Å². The first-order valence-electron chi connectivity index (χ1n) is 7.32. The van der Waals surface area contributed by atoms with Gasteiger partial charge in [0.25, 0.3) is 0 Å². The van der Waals surface area contributed by atoms with Crippen molar-refractivity contribution in [2.75, 3.05) is 13.2 Å². The molecule has 1 fully saturated rings. The van der Waals surface area contributed by atoms with Crippen LogP contribution in [0.15, 0.2) is 4.52 Å². The topological polar surface area (TPSA) is 74.2 Å². The lowest BCUT2D eigenvalue weighted by Gasteiger charge is -2.24. The highest BCUT2D eigenvalue weighted by Crippen LogP contribution is 2.39. The van der Waals surface area contributed by atoms with Gasteiger partial charge >= 0.3 is 0 Å². The van der Waals surface area contributed by atoms with Crippen molar-refractivity contribution in [1.82, 2.24) is 10.1 Å². The minimum absolute atomic E-state index is 0.328. The number of hydrogen-bond donors (Lipinski definition) is 1. The third kappa shape index (κ3) is 2.82. The molecule has 3 atom stereocenters. The molecule has 0 aromatic carbocycles. The van der Waals surface area contributed by atoms with E-state index in [1.165, 1.54) is 6.42 Å².